The number of amides is 1. The first-order valence-electron chi connectivity index (χ1n) is 9.95. The van der Waals surface area contributed by atoms with Crippen LogP contribution in [0, 0.1) is 0 Å². The van der Waals surface area contributed by atoms with E-state index in [-0.39, 0.29) is 17.8 Å². The number of likely N-dealkylation sites (tertiary alicyclic amines) is 1. The first-order valence-corrected chi connectivity index (χ1v) is 10.8. The quantitative estimate of drug-likeness (QED) is 0.527. The third-order valence-corrected chi connectivity index (χ3v) is 6.03. The molecule has 0 radical (unpaired) electrons. The maximum atomic E-state index is 13.2. The summed E-state index contributed by atoms with van der Waals surface area (Å²) in [7, 11) is 0. The number of benzene rings is 2. The highest BCUT2D eigenvalue weighted by molar-refractivity contribution is 7.13. The summed E-state index contributed by atoms with van der Waals surface area (Å²) in [5, 5.41) is 10.1. The second kappa shape index (κ2) is 8.12. The van der Waals surface area contributed by atoms with E-state index in [1.165, 1.54) is 0 Å². The molecular weight excluding hydrogens is 394 g/mol. The van der Waals surface area contributed by atoms with Crippen molar-refractivity contribution in [1.29, 1.82) is 0 Å². The Morgan fingerprint density at radius 2 is 1.77 bits per heavy atom. The van der Waals surface area contributed by atoms with Crippen LogP contribution in [-0.4, -0.2) is 44.7 Å². The normalized spacial score (nSPS) is 16.0. The first kappa shape index (κ1) is 18.6. The average Bonchev–Trinajstić information content (AvgIpc) is 3.55. The molecule has 1 saturated heterocycles. The lowest BCUT2D eigenvalue weighted by Gasteiger charge is -2.16. The molecule has 0 aliphatic carbocycles. The molecule has 1 fully saturated rings. The van der Waals surface area contributed by atoms with Crippen LogP contribution in [0.25, 0.3) is 16.4 Å². The zero-order valence-electron chi connectivity index (χ0n) is 16.3. The number of para-hydroxylation sites is 2. The summed E-state index contributed by atoms with van der Waals surface area (Å²) in [4.78, 5) is 20.6. The van der Waals surface area contributed by atoms with Crippen LogP contribution in [0.1, 0.15) is 17.0 Å². The molecule has 3 heterocycles. The number of hydrogen-bond acceptors (Lipinski definition) is 5. The predicted molar refractivity (Wildman–Crippen MR) is 119 cm³/mol. The Morgan fingerprint density at radius 1 is 1.00 bits per heavy atom. The van der Waals surface area contributed by atoms with E-state index in [0.717, 1.165) is 22.7 Å². The van der Waals surface area contributed by atoms with Gasteiger partial charge in [-0.2, -0.15) is 0 Å². The molecule has 7 heteroatoms. The fourth-order valence-corrected chi connectivity index (χ4v) is 4.39. The number of carbonyl (C=O) groups excluding carboxylic acids is 1. The molecule has 2 aromatic carbocycles. The average molecular weight is 416 g/mol. The van der Waals surface area contributed by atoms with Crippen molar-refractivity contribution < 1.29 is 4.79 Å². The number of hydrogen-bond donors (Lipinski definition) is 1. The highest BCUT2D eigenvalue weighted by Gasteiger charge is 2.30. The van der Waals surface area contributed by atoms with Gasteiger partial charge in [-0.25, -0.2) is 9.67 Å². The van der Waals surface area contributed by atoms with Crippen molar-refractivity contribution in [2.75, 3.05) is 18.4 Å². The van der Waals surface area contributed by atoms with Gasteiger partial charge in [0.25, 0.3) is 5.91 Å². The van der Waals surface area contributed by atoms with Gasteiger partial charge in [-0.15, -0.1) is 16.4 Å². The molecule has 1 aliphatic rings. The minimum atomic E-state index is -0.125. The van der Waals surface area contributed by atoms with Crippen molar-refractivity contribution in [3.05, 3.63) is 84.0 Å². The standard InChI is InChI=1S/C23H21N5OS/c29-23(27-14-13-18(16-27)24-17-8-3-1-4-9-17)21-25-22(20-12-7-15-30-20)28(26-21)19-10-5-2-6-11-19/h1-12,15,18,24H,13-14,16H2. The van der Waals surface area contributed by atoms with Crippen molar-refractivity contribution in [1.82, 2.24) is 19.7 Å². The Hall–Kier alpha value is -3.45. The zero-order chi connectivity index (χ0) is 20.3. The first-order chi connectivity index (χ1) is 14.8. The molecule has 4 aromatic rings. The van der Waals surface area contributed by atoms with Gasteiger partial charge in [0.05, 0.1) is 10.6 Å². The maximum Gasteiger partial charge on any atom is 0.293 e. The maximum absolute atomic E-state index is 13.2. The van der Waals surface area contributed by atoms with Gasteiger partial charge in [0.2, 0.25) is 5.82 Å². The van der Waals surface area contributed by atoms with Gasteiger partial charge in [0.15, 0.2) is 5.82 Å². The molecule has 1 amide bonds. The summed E-state index contributed by atoms with van der Waals surface area (Å²) in [5.41, 5.74) is 1.96. The summed E-state index contributed by atoms with van der Waals surface area (Å²) >= 11 is 1.59. The molecule has 0 spiro atoms. The van der Waals surface area contributed by atoms with Gasteiger partial charge in [-0.3, -0.25) is 4.79 Å². The fourth-order valence-electron chi connectivity index (χ4n) is 3.69. The van der Waals surface area contributed by atoms with Gasteiger partial charge in [-0.05, 0) is 42.1 Å². The van der Waals surface area contributed by atoms with Crippen molar-refractivity contribution in [2.24, 2.45) is 0 Å². The van der Waals surface area contributed by atoms with E-state index in [4.69, 9.17) is 0 Å². The van der Waals surface area contributed by atoms with E-state index in [2.05, 4.69) is 15.4 Å². The van der Waals surface area contributed by atoms with Crippen LogP contribution in [0.5, 0.6) is 0 Å². The lowest BCUT2D eigenvalue weighted by atomic mass is 10.2. The number of anilines is 1. The second-order valence-corrected chi connectivity index (χ2v) is 8.18. The fraction of sp³-hybridized carbons (Fsp3) is 0.174. The van der Waals surface area contributed by atoms with E-state index in [1.54, 1.807) is 16.0 Å². The van der Waals surface area contributed by atoms with E-state index >= 15 is 0 Å². The highest BCUT2D eigenvalue weighted by atomic mass is 32.1. The molecule has 150 valence electrons. The number of aromatic nitrogens is 3. The Labute approximate surface area is 178 Å². The van der Waals surface area contributed by atoms with Crippen LogP contribution in [0.4, 0.5) is 5.69 Å². The molecule has 0 saturated carbocycles. The smallest absolute Gasteiger partial charge is 0.293 e. The lowest BCUT2D eigenvalue weighted by molar-refractivity contribution is 0.0779. The number of thiophene rings is 1. The summed E-state index contributed by atoms with van der Waals surface area (Å²) in [6.07, 6.45) is 0.901. The Balaban J connectivity index is 1.38. The Morgan fingerprint density at radius 3 is 2.50 bits per heavy atom. The van der Waals surface area contributed by atoms with Crippen LogP contribution in [0.2, 0.25) is 0 Å². The number of carbonyl (C=O) groups is 1. The predicted octanol–water partition coefficient (Wildman–Crippen LogP) is 4.32. The van der Waals surface area contributed by atoms with Crippen molar-refractivity contribution in [3.8, 4) is 16.4 Å². The molecular formula is C23H21N5OS. The summed E-state index contributed by atoms with van der Waals surface area (Å²) in [6.45, 7) is 1.33. The molecule has 5 rings (SSSR count). The topological polar surface area (TPSA) is 63.1 Å². The van der Waals surface area contributed by atoms with Crippen LogP contribution in [-0.2, 0) is 0 Å². The number of nitrogens with one attached hydrogen (secondary N) is 1. The van der Waals surface area contributed by atoms with E-state index in [1.807, 2.05) is 83.1 Å². The molecule has 1 aliphatic heterocycles. The molecule has 1 unspecified atom stereocenters. The van der Waals surface area contributed by atoms with E-state index in [9.17, 15) is 4.79 Å². The van der Waals surface area contributed by atoms with Gasteiger partial charge in [0.1, 0.15) is 0 Å². The minimum Gasteiger partial charge on any atom is -0.380 e. The Bertz CT molecular complexity index is 1130. The van der Waals surface area contributed by atoms with Crippen LogP contribution < -0.4 is 5.32 Å². The van der Waals surface area contributed by atoms with Crippen LogP contribution >= 0.6 is 11.3 Å². The minimum absolute atomic E-state index is 0.125. The molecule has 2 aromatic heterocycles. The summed E-state index contributed by atoms with van der Waals surface area (Å²) in [5.74, 6) is 0.806. The van der Waals surface area contributed by atoms with Gasteiger partial charge >= 0.3 is 0 Å². The number of nitrogens with zero attached hydrogens (tertiary/aromatic N) is 4. The van der Waals surface area contributed by atoms with Gasteiger partial charge < -0.3 is 10.2 Å². The largest absolute Gasteiger partial charge is 0.380 e. The second-order valence-electron chi connectivity index (χ2n) is 7.23. The molecule has 0 bridgehead atoms. The molecule has 1 N–H and O–H groups in total. The summed E-state index contributed by atoms with van der Waals surface area (Å²) < 4.78 is 1.76. The van der Waals surface area contributed by atoms with Crippen molar-refractivity contribution in [2.45, 2.75) is 12.5 Å². The third kappa shape index (κ3) is 3.71. The lowest BCUT2D eigenvalue weighted by Crippen LogP contribution is -2.32. The van der Waals surface area contributed by atoms with Crippen LogP contribution in [0.15, 0.2) is 78.2 Å². The number of rotatable bonds is 5. The van der Waals surface area contributed by atoms with E-state index < -0.39 is 0 Å². The van der Waals surface area contributed by atoms with Crippen molar-refractivity contribution in [3.63, 3.8) is 0 Å². The SMILES string of the molecule is O=C(c1nc(-c2cccs2)n(-c2ccccc2)n1)N1CCC(Nc2ccccc2)C1. The highest BCUT2D eigenvalue weighted by Crippen LogP contribution is 2.26. The monoisotopic (exact) mass is 415 g/mol. The van der Waals surface area contributed by atoms with Crippen LogP contribution in [0.3, 0.4) is 0 Å². The Kier molecular flexibility index (Phi) is 5.03. The molecule has 30 heavy (non-hydrogen) atoms. The van der Waals surface area contributed by atoms with Crippen molar-refractivity contribution >= 4 is 22.9 Å². The third-order valence-electron chi connectivity index (χ3n) is 5.16. The zero-order valence-corrected chi connectivity index (χ0v) is 17.1. The molecule has 1 atom stereocenters. The molecule has 6 nitrogen and oxygen atoms in total. The van der Waals surface area contributed by atoms with E-state index in [0.29, 0.717) is 18.9 Å². The van der Waals surface area contributed by atoms with Gasteiger partial charge in [-0.1, -0.05) is 42.5 Å². The van der Waals surface area contributed by atoms with Gasteiger partial charge in [0, 0.05) is 24.8 Å². The summed E-state index contributed by atoms with van der Waals surface area (Å²) in [6, 6.07) is 24.1.